The zero-order valence-electron chi connectivity index (χ0n) is 16.0. The predicted octanol–water partition coefficient (Wildman–Crippen LogP) is 1.85. The van der Waals surface area contributed by atoms with Crippen molar-refractivity contribution >= 4 is 0 Å². The van der Waals surface area contributed by atoms with Crippen LogP contribution >= 0.6 is 0 Å². The monoisotopic (exact) mass is 356 g/mol. The van der Waals surface area contributed by atoms with Crippen LogP contribution in [0.3, 0.4) is 0 Å². The summed E-state index contributed by atoms with van der Waals surface area (Å²) in [7, 11) is 0. The standard InChI is InChI=1S/C20H36O5/c1-14-4-5-15-17(2,12-22)16(24)6-7-18(15,3)20(14)9-8-19(13-23,25-20)10-11-21/h14-16,21-24H,4-13H2,1-3H3/t14-,15+,16+,17+,18-,19-,20+/m1/s1. The van der Waals surface area contributed by atoms with Crippen molar-refractivity contribution in [2.24, 2.45) is 22.7 Å². The number of hydrogen-bond donors (Lipinski definition) is 4. The summed E-state index contributed by atoms with van der Waals surface area (Å²) in [4.78, 5) is 0. The number of hydrogen-bond acceptors (Lipinski definition) is 5. The maximum Gasteiger partial charge on any atom is 0.0942 e. The van der Waals surface area contributed by atoms with Crippen molar-refractivity contribution in [1.29, 1.82) is 0 Å². The van der Waals surface area contributed by atoms with Crippen LogP contribution in [-0.4, -0.2) is 57.6 Å². The van der Waals surface area contributed by atoms with Crippen LogP contribution in [0.1, 0.15) is 65.7 Å². The van der Waals surface area contributed by atoms with Crippen LogP contribution in [-0.2, 0) is 4.74 Å². The highest BCUT2D eigenvalue weighted by Gasteiger charge is 2.68. The first kappa shape index (κ1) is 19.6. The van der Waals surface area contributed by atoms with Gasteiger partial charge < -0.3 is 25.2 Å². The Labute approximate surface area is 151 Å². The van der Waals surface area contributed by atoms with Crippen LogP contribution in [0.2, 0.25) is 0 Å². The minimum absolute atomic E-state index is 0.0121. The van der Waals surface area contributed by atoms with Crippen molar-refractivity contribution in [1.82, 2.24) is 0 Å². The predicted molar refractivity (Wildman–Crippen MR) is 95.0 cm³/mol. The Kier molecular flexibility index (Phi) is 5.05. The van der Waals surface area contributed by atoms with Gasteiger partial charge in [0, 0.05) is 23.9 Å². The van der Waals surface area contributed by atoms with Crippen molar-refractivity contribution in [2.45, 2.75) is 83.0 Å². The highest BCUT2D eigenvalue weighted by Crippen LogP contribution is 2.67. The van der Waals surface area contributed by atoms with E-state index in [0.29, 0.717) is 18.8 Å². The smallest absolute Gasteiger partial charge is 0.0942 e. The van der Waals surface area contributed by atoms with E-state index in [9.17, 15) is 20.4 Å². The molecule has 0 aromatic carbocycles. The molecule has 1 saturated heterocycles. The van der Waals surface area contributed by atoms with Gasteiger partial charge in [-0.25, -0.2) is 0 Å². The van der Waals surface area contributed by atoms with Crippen LogP contribution < -0.4 is 0 Å². The highest BCUT2D eigenvalue weighted by atomic mass is 16.5. The van der Waals surface area contributed by atoms with Gasteiger partial charge in [-0.3, -0.25) is 0 Å². The van der Waals surface area contributed by atoms with Gasteiger partial charge in [-0.1, -0.05) is 20.8 Å². The largest absolute Gasteiger partial charge is 0.396 e. The first-order valence-electron chi connectivity index (χ1n) is 9.94. The third-order valence-corrected chi connectivity index (χ3v) is 8.46. The Morgan fingerprint density at radius 3 is 2.28 bits per heavy atom. The lowest BCUT2D eigenvalue weighted by atomic mass is 9.43. The van der Waals surface area contributed by atoms with Crippen LogP contribution in [0, 0.1) is 22.7 Å². The van der Waals surface area contributed by atoms with E-state index >= 15 is 0 Å². The minimum Gasteiger partial charge on any atom is -0.396 e. The van der Waals surface area contributed by atoms with Crippen molar-refractivity contribution < 1.29 is 25.2 Å². The van der Waals surface area contributed by atoms with Crippen molar-refractivity contribution in [3.05, 3.63) is 0 Å². The van der Waals surface area contributed by atoms with E-state index in [-0.39, 0.29) is 36.8 Å². The molecule has 7 atom stereocenters. The van der Waals surface area contributed by atoms with Gasteiger partial charge in [-0.15, -0.1) is 0 Å². The second kappa shape index (κ2) is 6.45. The summed E-state index contributed by atoms with van der Waals surface area (Å²) in [6, 6.07) is 0. The van der Waals surface area contributed by atoms with E-state index in [1.807, 2.05) is 6.92 Å². The normalized spacial score (nSPS) is 53.2. The molecule has 5 heteroatoms. The first-order valence-corrected chi connectivity index (χ1v) is 9.94. The van der Waals surface area contributed by atoms with Gasteiger partial charge in [-0.05, 0) is 50.4 Å². The molecule has 146 valence electrons. The number of aliphatic hydroxyl groups excluding tert-OH is 4. The lowest BCUT2D eigenvalue weighted by molar-refractivity contribution is -0.272. The van der Waals surface area contributed by atoms with Gasteiger partial charge in [0.05, 0.1) is 30.5 Å². The molecule has 4 N–H and O–H groups in total. The lowest BCUT2D eigenvalue weighted by Crippen LogP contribution is -2.66. The fourth-order valence-corrected chi connectivity index (χ4v) is 6.70. The summed E-state index contributed by atoms with van der Waals surface area (Å²) >= 11 is 0. The Balaban J connectivity index is 2.02. The molecule has 2 aliphatic carbocycles. The second-order valence-electron chi connectivity index (χ2n) is 9.47. The summed E-state index contributed by atoms with van der Waals surface area (Å²) in [5.41, 5.74) is -1.66. The number of rotatable bonds is 4. The molecule has 5 nitrogen and oxygen atoms in total. The van der Waals surface area contributed by atoms with Crippen molar-refractivity contribution in [3.63, 3.8) is 0 Å². The zero-order chi connectivity index (χ0) is 18.5. The van der Waals surface area contributed by atoms with E-state index < -0.39 is 17.1 Å². The summed E-state index contributed by atoms with van der Waals surface area (Å²) in [6.45, 7) is 6.47. The van der Waals surface area contributed by atoms with Crippen LogP contribution in [0.25, 0.3) is 0 Å². The van der Waals surface area contributed by atoms with Gasteiger partial charge in [0.25, 0.3) is 0 Å². The van der Waals surface area contributed by atoms with Crippen molar-refractivity contribution in [2.75, 3.05) is 19.8 Å². The fourth-order valence-electron chi connectivity index (χ4n) is 6.70. The van der Waals surface area contributed by atoms with Crippen molar-refractivity contribution in [3.8, 4) is 0 Å². The van der Waals surface area contributed by atoms with Gasteiger partial charge in [0.15, 0.2) is 0 Å². The maximum atomic E-state index is 10.6. The molecular weight excluding hydrogens is 320 g/mol. The molecule has 25 heavy (non-hydrogen) atoms. The molecule has 1 heterocycles. The second-order valence-corrected chi connectivity index (χ2v) is 9.47. The van der Waals surface area contributed by atoms with E-state index in [1.165, 1.54) is 0 Å². The van der Waals surface area contributed by atoms with E-state index in [2.05, 4.69) is 13.8 Å². The Morgan fingerprint density at radius 1 is 0.960 bits per heavy atom. The van der Waals surface area contributed by atoms with Gasteiger partial charge >= 0.3 is 0 Å². The number of ether oxygens (including phenoxy) is 1. The molecule has 0 aromatic rings. The van der Waals surface area contributed by atoms with Crippen LogP contribution in [0.4, 0.5) is 0 Å². The van der Waals surface area contributed by atoms with Crippen LogP contribution in [0.15, 0.2) is 0 Å². The number of aliphatic hydroxyl groups is 4. The SMILES string of the molecule is C[C@@H]1CC[C@H]2[C@](C)(CO)[C@@H](O)CC[C@@]2(C)[C@]12CC[C@](CO)(CCO)O2. The third-order valence-electron chi connectivity index (χ3n) is 8.46. The summed E-state index contributed by atoms with van der Waals surface area (Å²) in [5, 5.41) is 40.2. The molecule has 0 radical (unpaired) electrons. The van der Waals surface area contributed by atoms with E-state index in [1.54, 1.807) is 0 Å². The molecule has 2 saturated carbocycles. The molecule has 1 aliphatic heterocycles. The summed E-state index contributed by atoms with van der Waals surface area (Å²) in [5.74, 6) is 0.549. The Hall–Kier alpha value is -0.200. The maximum absolute atomic E-state index is 10.6. The molecule has 3 rings (SSSR count). The fraction of sp³-hybridized carbons (Fsp3) is 1.00. The Bertz CT molecular complexity index is 498. The molecule has 0 amide bonds. The highest BCUT2D eigenvalue weighted by molar-refractivity contribution is 5.17. The van der Waals surface area contributed by atoms with E-state index in [0.717, 1.165) is 32.1 Å². The third kappa shape index (κ3) is 2.53. The number of fused-ring (bicyclic) bond motifs is 2. The summed E-state index contributed by atoms with van der Waals surface area (Å²) < 4.78 is 6.75. The van der Waals surface area contributed by atoms with Gasteiger partial charge in [-0.2, -0.15) is 0 Å². The molecule has 0 unspecified atom stereocenters. The van der Waals surface area contributed by atoms with Gasteiger partial charge in [0.1, 0.15) is 0 Å². The van der Waals surface area contributed by atoms with Crippen LogP contribution in [0.5, 0.6) is 0 Å². The average Bonchev–Trinajstić information content (AvgIpc) is 2.99. The molecule has 0 bridgehead atoms. The Morgan fingerprint density at radius 2 is 1.68 bits per heavy atom. The quantitative estimate of drug-likeness (QED) is 0.617. The summed E-state index contributed by atoms with van der Waals surface area (Å²) in [6.07, 6.45) is 5.15. The zero-order valence-corrected chi connectivity index (χ0v) is 16.0. The van der Waals surface area contributed by atoms with E-state index in [4.69, 9.17) is 4.74 Å². The average molecular weight is 357 g/mol. The molecule has 3 aliphatic rings. The topological polar surface area (TPSA) is 90.2 Å². The molecule has 1 spiro atoms. The molecule has 3 fully saturated rings. The first-order chi connectivity index (χ1) is 11.7. The molecule has 0 aromatic heterocycles. The lowest BCUT2D eigenvalue weighted by Gasteiger charge is -2.65. The minimum atomic E-state index is -0.653. The molecular formula is C20H36O5. The van der Waals surface area contributed by atoms with Gasteiger partial charge in [0.2, 0.25) is 0 Å².